The molecule has 1 amide bonds. The molecule has 1 atom stereocenters. The molecule has 24 heavy (non-hydrogen) atoms. The average Bonchev–Trinajstić information content (AvgIpc) is 2.81. The molecular weight excluding hydrogens is 326 g/mol. The van der Waals surface area contributed by atoms with Crippen LogP contribution in [0.25, 0.3) is 0 Å². The molecule has 6 heteroatoms. The average molecular weight is 343 g/mol. The Morgan fingerprint density at radius 2 is 1.58 bits per heavy atom. The molecule has 0 radical (unpaired) electrons. The molecule has 5 nitrogen and oxygen atoms in total. The summed E-state index contributed by atoms with van der Waals surface area (Å²) in [6.45, 7) is 1.92. The summed E-state index contributed by atoms with van der Waals surface area (Å²) in [6, 6.07) is 15.1. The summed E-state index contributed by atoms with van der Waals surface area (Å²) in [5, 5.41) is 10.2. The molecule has 0 saturated carbocycles. The largest absolute Gasteiger partial charge is 0.502 e. The third kappa shape index (κ3) is 2.69. The molecule has 1 aliphatic heterocycles. The number of carbonyl (C=O) groups is 1. The second-order valence-electron chi connectivity index (χ2n) is 5.81. The van der Waals surface area contributed by atoms with E-state index in [9.17, 15) is 18.3 Å². The first kappa shape index (κ1) is 16.3. The van der Waals surface area contributed by atoms with E-state index in [4.69, 9.17) is 0 Å². The topological polar surface area (TPSA) is 74.7 Å². The molecule has 0 aromatic heterocycles. The molecule has 1 heterocycles. The monoisotopic (exact) mass is 343 g/mol. The first-order chi connectivity index (χ1) is 11.3. The van der Waals surface area contributed by atoms with E-state index >= 15 is 0 Å². The minimum absolute atomic E-state index is 0.264. The highest BCUT2D eigenvalue weighted by Gasteiger charge is 2.45. The van der Waals surface area contributed by atoms with Gasteiger partial charge in [-0.3, -0.25) is 9.69 Å². The number of amides is 1. The van der Waals surface area contributed by atoms with Gasteiger partial charge in [0.05, 0.1) is 0 Å². The SMILES string of the molecule is Cc1ccc(C2C(S(C)(=O)=O)=C(O)C(=O)N2c2ccccc2)cc1. The number of anilines is 1. The van der Waals surface area contributed by atoms with Crippen LogP contribution in [0.15, 0.2) is 65.3 Å². The molecule has 2 aromatic rings. The van der Waals surface area contributed by atoms with E-state index < -0.39 is 27.5 Å². The van der Waals surface area contributed by atoms with Gasteiger partial charge in [-0.1, -0.05) is 48.0 Å². The molecule has 1 unspecified atom stereocenters. The van der Waals surface area contributed by atoms with Crippen LogP contribution >= 0.6 is 0 Å². The molecule has 0 saturated heterocycles. The van der Waals surface area contributed by atoms with Crippen LogP contribution in [0.4, 0.5) is 5.69 Å². The quantitative estimate of drug-likeness (QED) is 0.930. The van der Waals surface area contributed by atoms with Crippen molar-refractivity contribution in [3.8, 4) is 0 Å². The zero-order chi connectivity index (χ0) is 17.5. The van der Waals surface area contributed by atoms with Crippen molar-refractivity contribution in [3.63, 3.8) is 0 Å². The first-order valence-electron chi connectivity index (χ1n) is 7.39. The predicted octanol–water partition coefficient (Wildman–Crippen LogP) is 2.90. The number of hydrogen-bond acceptors (Lipinski definition) is 4. The van der Waals surface area contributed by atoms with Gasteiger partial charge in [-0.25, -0.2) is 8.42 Å². The van der Waals surface area contributed by atoms with Crippen LogP contribution in [-0.2, 0) is 14.6 Å². The fourth-order valence-electron chi connectivity index (χ4n) is 2.87. The normalized spacial score (nSPS) is 18.3. The number of benzene rings is 2. The Balaban J connectivity index is 2.23. The van der Waals surface area contributed by atoms with Gasteiger partial charge in [-0.05, 0) is 24.6 Å². The first-order valence-corrected chi connectivity index (χ1v) is 9.28. The zero-order valence-corrected chi connectivity index (χ0v) is 14.1. The number of sulfone groups is 1. The van der Waals surface area contributed by atoms with E-state index in [0.29, 0.717) is 11.3 Å². The van der Waals surface area contributed by atoms with Crippen molar-refractivity contribution >= 4 is 21.4 Å². The standard InChI is InChI=1S/C18H17NO4S/c1-12-8-10-13(11-9-12)15-17(24(2,22)23)16(20)18(21)19(15)14-6-4-3-5-7-14/h3-11,15,20H,1-2H3. The summed E-state index contributed by atoms with van der Waals surface area (Å²) in [4.78, 5) is 13.6. The van der Waals surface area contributed by atoms with Gasteiger partial charge in [0.1, 0.15) is 10.9 Å². The van der Waals surface area contributed by atoms with Gasteiger partial charge in [0.25, 0.3) is 5.91 Å². The number of rotatable bonds is 3. The minimum atomic E-state index is -3.77. The van der Waals surface area contributed by atoms with Gasteiger partial charge >= 0.3 is 0 Å². The Kier molecular flexibility index (Phi) is 3.93. The number of para-hydroxylation sites is 1. The molecule has 3 rings (SSSR count). The number of nitrogens with zero attached hydrogens (tertiary/aromatic N) is 1. The van der Waals surface area contributed by atoms with E-state index in [-0.39, 0.29) is 4.91 Å². The third-order valence-corrected chi connectivity index (χ3v) is 5.20. The van der Waals surface area contributed by atoms with Crippen LogP contribution < -0.4 is 4.90 Å². The van der Waals surface area contributed by atoms with Crippen molar-refractivity contribution < 1.29 is 18.3 Å². The van der Waals surface area contributed by atoms with Gasteiger partial charge in [0.15, 0.2) is 15.6 Å². The molecule has 0 aliphatic carbocycles. The molecule has 0 fully saturated rings. The van der Waals surface area contributed by atoms with E-state index in [1.165, 1.54) is 4.90 Å². The van der Waals surface area contributed by atoms with Gasteiger partial charge in [0.2, 0.25) is 0 Å². The van der Waals surface area contributed by atoms with Gasteiger partial charge in [-0.15, -0.1) is 0 Å². The predicted molar refractivity (Wildman–Crippen MR) is 92.3 cm³/mol. The van der Waals surface area contributed by atoms with E-state index in [2.05, 4.69) is 0 Å². The molecule has 2 aromatic carbocycles. The summed E-state index contributed by atoms with van der Waals surface area (Å²) < 4.78 is 24.4. The van der Waals surface area contributed by atoms with Crippen molar-refractivity contribution in [2.45, 2.75) is 13.0 Å². The smallest absolute Gasteiger partial charge is 0.295 e. The number of aryl methyl sites for hydroxylation is 1. The minimum Gasteiger partial charge on any atom is -0.502 e. The lowest BCUT2D eigenvalue weighted by molar-refractivity contribution is -0.117. The Morgan fingerprint density at radius 3 is 2.12 bits per heavy atom. The third-order valence-electron chi connectivity index (χ3n) is 3.99. The molecule has 1 aliphatic rings. The highest BCUT2D eigenvalue weighted by molar-refractivity contribution is 7.94. The maximum absolute atomic E-state index is 12.6. The Hall–Kier alpha value is -2.60. The maximum atomic E-state index is 12.6. The number of aliphatic hydroxyl groups is 1. The van der Waals surface area contributed by atoms with Gasteiger partial charge in [0, 0.05) is 11.9 Å². The second kappa shape index (κ2) is 5.79. The lowest BCUT2D eigenvalue weighted by Crippen LogP contribution is -2.30. The summed E-state index contributed by atoms with van der Waals surface area (Å²) in [7, 11) is -3.77. The van der Waals surface area contributed by atoms with Crippen molar-refractivity contribution in [2.24, 2.45) is 0 Å². The van der Waals surface area contributed by atoms with Crippen molar-refractivity contribution in [1.29, 1.82) is 0 Å². The van der Waals surface area contributed by atoms with Crippen molar-refractivity contribution in [1.82, 2.24) is 0 Å². The number of aliphatic hydroxyl groups excluding tert-OH is 1. The Morgan fingerprint density at radius 1 is 1.00 bits per heavy atom. The van der Waals surface area contributed by atoms with E-state index in [0.717, 1.165) is 11.8 Å². The van der Waals surface area contributed by atoms with Gasteiger partial charge < -0.3 is 5.11 Å². The fourth-order valence-corrected chi connectivity index (χ4v) is 3.95. The fraction of sp³-hybridized carbons (Fsp3) is 0.167. The van der Waals surface area contributed by atoms with Crippen LogP contribution in [0.5, 0.6) is 0 Å². The van der Waals surface area contributed by atoms with Crippen molar-refractivity contribution in [2.75, 3.05) is 11.2 Å². The van der Waals surface area contributed by atoms with E-state index in [1.54, 1.807) is 42.5 Å². The summed E-state index contributed by atoms with van der Waals surface area (Å²) >= 11 is 0. The number of carbonyl (C=O) groups excluding carboxylic acids is 1. The highest BCUT2D eigenvalue weighted by atomic mass is 32.2. The molecule has 0 bridgehead atoms. The van der Waals surface area contributed by atoms with Crippen LogP contribution in [-0.4, -0.2) is 25.7 Å². The summed E-state index contributed by atoms with van der Waals surface area (Å²) in [6.07, 6.45) is 1.00. The molecular formula is C18H17NO4S. The summed E-state index contributed by atoms with van der Waals surface area (Å²) in [5.74, 6) is -1.43. The lowest BCUT2D eigenvalue weighted by atomic mass is 10.0. The summed E-state index contributed by atoms with van der Waals surface area (Å²) in [5.41, 5.74) is 2.17. The van der Waals surface area contributed by atoms with Crippen LogP contribution in [0.2, 0.25) is 0 Å². The molecule has 124 valence electrons. The van der Waals surface area contributed by atoms with Gasteiger partial charge in [-0.2, -0.15) is 0 Å². The maximum Gasteiger partial charge on any atom is 0.295 e. The molecule has 1 N–H and O–H groups in total. The Labute approximate surface area is 140 Å². The van der Waals surface area contributed by atoms with Crippen LogP contribution in [0.1, 0.15) is 17.2 Å². The highest BCUT2D eigenvalue weighted by Crippen LogP contribution is 2.42. The molecule has 0 spiro atoms. The zero-order valence-electron chi connectivity index (χ0n) is 13.3. The van der Waals surface area contributed by atoms with Crippen molar-refractivity contribution in [3.05, 3.63) is 76.4 Å². The van der Waals surface area contributed by atoms with E-state index in [1.807, 2.05) is 19.1 Å². The van der Waals surface area contributed by atoms with Crippen LogP contribution in [0.3, 0.4) is 0 Å². The second-order valence-corrected chi connectivity index (χ2v) is 7.79. The number of hydrogen-bond donors (Lipinski definition) is 1. The van der Waals surface area contributed by atoms with Crippen LogP contribution in [0, 0.1) is 6.92 Å². The Bertz CT molecular complexity index is 915. The lowest BCUT2D eigenvalue weighted by Gasteiger charge is -2.26.